The van der Waals surface area contributed by atoms with E-state index in [1.165, 1.54) is 0 Å². The summed E-state index contributed by atoms with van der Waals surface area (Å²) in [7, 11) is 0. The number of carbonyl (C=O) groups is 3. The van der Waals surface area contributed by atoms with Gasteiger partial charge in [-0.2, -0.15) is 0 Å². The summed E-state index contributed by atoms with van der Waals surface area (Å²) >= 11 is 0. The lowest BCUT2D eigenvalue weighted by molar-refractivity contribution is -0.146. The molecule has 1 aromatic carbocycles. The summed E-state index contributed by atoms with van der Waals surface area (Å²) < 4.78 is 0. The highest BCUT2D eigenvalue weighted by atomic mass is 16.4. The molecule has 1 heterocycles. The number of rotatable bonds is 4. The Morgan fingerprint density at radius 3 is 2.32 bits per heavy atom. The lowest BCUT2D eigenvalue weighted by Gasteiger charge is -2.26. The van der Waals surface area contributed by atoms with Gasteiger partial charge in [-0.1, -0.05) is 30.3 Å². The number of carbonyl (C=O) groups excluding carboxylic acids is 2. The monoisotopic (exact) mass is 259 g/mol. The standard InChI is InChI=1S/C14H13NO4/c16-12(17)7-11(8-4-2-1-3-5-8)15-13(18)9-6-10(9)14(15)19/h1-5,9-11H,6-7H2,(H,16,17). The molecule has 0 spiro atoms. The van der Waals surface area contributed by atoms with Crippen molar-refractivity contribution in [3.8, 4) is 0 Å². The highest BCUT2D eigenvalue weighted by molar-refractivity contribution is 6.09. The van der Waals surface area contributed by atoms with Gasteiger partial charge in [-0.05, 0) is 12.0 Å². The van der Waals surface area contributed by atoms with E-state index in [-0.39, 0.29) is 30.1 Å². The number of nitrogens with zero attached hydrogens (tertiary/aromatic N) is 1. The van der Waals surface area contributed by atoms with Gasteiger partial charge in [-0.15, -0.1) is 0 Å². The van der Waals surface area contributed by atoms with E-state index in [4.69, 9.17) is 5.11 Å². The van der Waals surface area contributed by atoms with Gasteiger partial charge in [0.25, 0.3) is 0 Å². The van der Waals surface area contributed by atoms with Crippen LogP contribution < -0.4 is 0 Å². The first-order chi connectivity index (χ1) is 9.09. The summed E-state index contributed by atoms with van der Waals surface area (Å²) in [5.41, 5.74) is 0.688. The normalized spacial score (nSPS) is 26.2. The summed E-state index contributed by atoms with van der Waals surface area (Å²) in [6.07, 6.45) is 0.379. The maximum absolute atomic E-state index is 12.1. The molecule has 1 aliphatic heterocycles. The van der Waals surface area contributed by atoms with E-state index in [9.17, 15) is 14.4 Å². The summed E-state index contributed by atoms with van der Waals surface area (Å²) in [4.78, 5) is 36.3. The Labute approximate surface area is 109 Å². The van der Waals surface area contributed by atoms with E-state index >= 15 is 0 Å². The first-order valence-corrected chi connectivity index (χ1v) is 6.23. The number of fused-ring (bicyclic) bond motifs is 1. The Bertz CT molecular complexity index is 534. The Balaban J connectivity index is 1.94. The van der Waals surface area contributed by atoms with Crippen LogP contribution in [0, 0.1) is 11.8 Å². The molecule has 2 fully saturated rings. The number of hydrogen-bond acceptors (Lipinski definition) is 3. The molecule has 0 radical (unpaired) electrons. The average Bonchev–Trinajstić information content (AvgIpc) is 3.14. The molecular weight excluding hydrogens is 246 g/mol. The van der Waals surface area contributed by atoms with Crippen LogP contribution in [0.1, 0.15) is 24.4 Å². The molecule has 0 aromatic heterocycles. The Morgan fingerprint density at radius 2 is 1.79 bits per heavy atom. The number of piperidine rings is 1. The summed E-state index contributed by atoms with van der Waals surface area (Å²) in [6, 6.07) is 8.17. The van der Waals surface area contributed by atoms with Crippen LogP contribution in [0.2, 0.25) is 0 Å². The number of likely N-dealkylation sites (tertiary alicyclic amines) is 1. The SMILES string of the molecule is O=C(O)CC(c1ccccc1)N1C(=O)C2CC2C1=O. The number of hydrogen-bond donors (Lipinski definition) is 1. The lowest BCUT2D eigenvalue weighted by Crippen LogP contribution is -2.37. The molecule has 3 rings (SSSR count). The minimum Gasteiger partial charge on any atom is -0.481 e. The third-order valence-corrected chi connectivity index (χ3v) is 3.76. The van der Waals surface area contributed by atoms with E-state index in [1.807, 2.05) is 6.07 Å². The maximum Gasteiger partial charge on any atom is 0.305 e. The third-order valence-electron chi connectivity index (χ3n) is 3.76. The highest BCUT2D eigenvalue weighted by Gasteiger charge is 2.60. The second kappa shape index (κ2) is 4.19. The van der Waals surface area contributed by atoms with Crippen molar-refractivity contribution >= 4 is 17.8 Å². The van der Waals surface area contributed by atoms with E-state index in [0.29, 0.717) is 12.0 Å². The van der Waals surface area contributed by atoms with Gasteiger partial charge < -0.3 is 5.11 Å². The van der Waals surface area contributed by atoms with Gasteiger partial charge in [-0.3, -0.25) is 19.3 Å². The summed E-state index contributed by atoms with van der Waals surface area (Å²) in [5.74, 6) is -1.86. The van der Waals surface area contributed by atoms with E-state index in [1.54, 1.807) is 24.3 Å². The number of benzene rings is 1. The molecule has 2 amide bonds. The van der Waals surface area contributed by atoms with Crippen LogP contribution >= 0.6 is 0 Å². The van der Waals surface area contributed by atoms with Gasteiger partial charge in [0, 0.05) is 0 Å². The molecular formula is C14H13NO4. The van der Waals surface area contributed by atoms with Crippen LogP contribution in [0.25, 0.3) is 0 Å². The molecule has 1 saturated carbocycles. The Morgan fingerprint density at radius 1 is 1.21 bits per heavy atom. The van der Waals surface area contributed by atoms with Crippen LogP contribution in [0.3, 0.4) is 0 Å². The van der Waals surface area contributed by atoms with Crippen molar-refractivity contribution in [1.29, 1.82) is 0 Å². The predicted molar refractivity (Wildman–Crippen MR) is 64.9 cm³/mol. The molecule has 1 aliphatic carbocycles. The Kier molecular flexibility index (Phi) is 2.62. The minimum atomic E-state index is -1.02. The molecule has 98 valence electrons. The molecule has 19 heavy (non-hydrogen) atoms. The van der Waals surface area contributed by atoms with Gasteiger partial charge in [0.2, 0.25) is 11.8 Å². The first kappa shape index (κ1) is 11.9. The minimum absolute atomic E-state index is 0.201. The van der Waals surface area contributed by atoms with E-state index in [0.717, 1.165) is 4.90 Å². The highest BCUT2D eigenvalue weighted by Crippen LogP contribution is 2.49. The van der Waals surface area contributed by atoms with Crippen molar-refractivity contribution in [1.82, 2.24) is 4.90 Å². The quantitative estimate of drug-likeness (QED) is 0.825. The van der Waals surface area contributed by atoms with Gasteiger partial charge in [0.05, 0.1) is 24.3 Å². The largest absolute Gasteiger partial charge is 0.481 e. The number of aliphatic carboxylic acids is 1. The Hall–Kier alpha value is -2.17. The zero-order chi connectivity index (χ0) is 13.6. The molecule has 3 unspecified atom stereocenters. The number of carboxylic acid groups (broad SMARTS) is 1. The summed E-state index contributed by atoms with van der Waals surface area (Å²) in [5, 5.41) is 9.01. The molecule has 1 aromatic rings. The van der Waals surface area contributed by atoms with Crippen LogP contribution in [0.4, 0.5) is 0 Å². The number of amides is 2. The van der Waals surface area contributed by atoms with Crippen molar-refractivity contribution in [3.05, 3.63) is 35.9 Å². The van der Waals surface area contributed by atoms with Gasteiger partial charge in [0.1, 0.15) is 0 Å². The molecule has 0 bridgehead atoms. The average molecular weight is 259 g/mol. The smallest absolute Gasteiger partial charge is 0.305 e. The zero-order valence-corrected chi connectivity index (χ0v) is 10.2. The van der Waals surface area contributed by atoms with Crippen LogP contribution in [0.5, 0.6) is 0 Å². The van der Waals surface area contributed by atoms with Crippen molar-refractivity contribution in [2.24, 2.45) is 11.8 Å². The molecule has 2 aliphatic rings. The van der Waals surface area contributed by atoms with Crippen LogP contribution in [-0.4, -0.2) is 27.8 Å². The molecule has 1 N–H and O–H groups in total. The molecule has 5 heteroatoms. The fraction of sp³-hybridized carbons (Fsp3) is 0.357. The zero-order valence-electron chi connectivity index (χ0n) is 10.2. The number of imide groups is 1. The van der Waals surface area contributed by atoms with Gasteiger partial charge in [0.15, 0.2) is 0 Å². The summed E-state index contributed by atoms with van der Waals surface area (Å²) in [6.45, 7) is 0. The van der Waals surface area contributed by atoms with Crippen molar-refractivity contribution in [2.45, 2.75) is 18.9 Å². The molecule has 3 atom stereocenters. The first-order valence-electron chi connectivity index (χ1n) is 6.23. The number of carboxylic acids is 1. The molecule has 5 nitrogen and oxygen atoms in total. The fourth-order valence-corrected chi connectivity index (χ4v) is 2.71. The van der Waals surface area contributed by atoms with Gasteiger partial charge in [-0.25, -0.2) is 0 Å². The fourth-order valence-electron chi connectivity index (χ4n) is 2.71. The maximum atomic E-state index is 12.1. The van der Waals surface area contributed by atoms with E-state index < -0.39 is 12.0 Å². The van der Waals surface area contributed by atoms with Crippen LogP contribution in [0.15, 0.2) is 30.3 Å². The molecule has 1 saturated heterocycles. The van der Waals surface area contributed by atoms with Crippen molar-refractivity contribution in [2.75, 3.05) is 0 Å². The van der Waals surface area contributed by atoms with Crippen LogP contribution in [-0.2, 0) is 14.4 Å². The van der Waals surface area contributed by atoms with Crippen molar-refractivity contribution < 1.29 is 19.5 Å². The van der Waals surface area contributed by atoms with E-state index in [2.05, 4.69) is 0 Å². The van der Waals surface area contributed by atoms with Crippen molar-refractivity contribution in [3.63, 3.8) is 0 Å². The predicted octanol–water partition coefficient (Wildman–Crippen LogP) is 1.21. The topological polar surface area (TPSA) is 74.7 Å². The second-order valence-electron chi connectivity index (χ2n) is 5.02. The lowest BCUT2D eigenvalue weighted by atomic mass is 10.0. The second-order valence-corrected chi connectivity index (χ2v) is 5.02. The van der Waals surface area contributed by atoms with Gasteiger partial charge >= 0.3 is 5.97 Å². The third kappa shape index (κ3) is 1.91.